The second-order valence-electron chi connectivity index (χ2n) is 5.28. The van der Waals surface area contributed by atoms with Crippen LogP contribution >= 0.6 is 11.6 Å². The number of anilines is 2. The maximum absolute atomic E-state index is 6.32. The van der Waals surface area contributed by atoms with E-state index in [4.69, 9.17) is 11.6 Å². The topological polar surface area (TPSA) is 15.3 Å². The SMILES string of the molecule is CCCC(CCC)c1ccc(Cl)c(NC)c1N(C)C. The zero-order valence-corrected chi connectivity index (χ0v) is 13.6. The quantitative estimate of drug-likeness (QED) is 0.746. The monoisotopic (exact) mass is 282 g/mol. The highest BCUT2D eigenvalue weighted by Crippen LogP contribution is 2.41. The van der Waals surface area contributed by atoms with Crippen LogP contribution in [0.15, 0.2) is 12.1 Å². The Balaban J connectivity index is 3.31. The molecule has 1 aromatic rings. The van der Waals surface area contributed by atoms with Gasteiger partial charge in [-0.05, 0) is 30.4 Å². The minimum absolute atomic E-state index is 0.622. The first-order valence-electron chi connectivity index (χ1n) is 7.24. The molecule has 108 valence electrons. The fourth-order valence-corrected chi connectivity index (χ4v) is 3.03. The lowest BCUT2D eigenvalue weighted by atomic mass is 9.88. The van der Waals surface area contributed by atoms with E-state index in [0.29, 0.717) is 5.92 Å². The summed E-state index contributed by atoms with van der Waals surface area (Å²) in [5, 5.41) is 4.04. The summed E-state index contributed by atoms with van der Waals surface area (Å²) >= 11 is 6.32. The summed E-state index contributed by atoms with van der Waals surface area (Å²) in [7, 11) is 6.11. The lowest BCUT2D eigenvalue weighted by molar-refractivity contribution is 0.561. The molecule has 0 aromatic heterocycles. The van der Waals surface area contributed by atoms with Crippen LogP contribution in [0.1, 0.15) is 51.0 Å². The molecule has 1 aromatic carbocycles. The number of nitrogens with one attached hydrogen (secondary N) is 1. The lowest BCUT2D eigenvalue weighted by Crippen LogP contribution is -2.16. The molecule has 1 rings (SSSR count). The Morgan fingerprint density at radius 3 is 2.16 bits per heavy atom. The highest BCUT2D eigenvalue weighted by molar-refractivity contribution is 6.34. The second kappa shape index (κ2) is 7.64. The minimum atomic E-state index is 0.622. The molecule has 0 radical (unpaired) electrons. The number of nitrogens with zero attached hydrogens (tertiary/aromatic N) is 1. The molecule has 0 heterocycles. The summed E-state index contributed by atoms with van der Waals surface area (Å²) < 4.78 is 0. The van der Waals surface area contributed by atoms with Crippen molar-refractivity contribution in [1.29, 1.82) is 0 Å². The van der Waals surface area contributed by atoms with Crippen LogP contribution in [-0.4, -0.2) is 21.1 Å². The van der Waals surface area contributed by atoms with Gasteiger partial charge >= 0.3 is 0 Å². The van der Waals surface area contributed by atoms with Crippen LogP contribution in [0.3, 0.4) is 0 Å². The molecule has 0 atom stereocenters. The van der Waals surface area contributed by atoms with Gasteiger partial charge in [0.25, 0.3) is 0 Å². The highest BCUT2D eigenvalue weighted by atomic mass is 35.5. The molecule has 0 unspecified atom stereocenters. The number of rotatable bonds is 7. The van der Waals surface area contributed by atoms with Gasteiger partial charge in [-0.25, -0.2) is 0 Å². The minimum Gasteiger partial charge on any atom is -0.385 e. The Kier molecular flexibility index (Phi) is 6.50. The van der Waals surface area contributed by atoms with Crippen molar-refractivity contribution in [3.63, 3.8) is 0 Å². The largest absolute Gasteiger partial charge is 0.385 e. The molecule has 0 saturated carbocycles. The molecule has 0 bridgehead atoms. The van der Waals surface area contributed by atoms with Gasteiger partial charge in [0, 0.05) is 21.1 Å². The van der Waals surface area contributed by atoms with E-state index in [9.17, 15) is 0 Å². The van der Waals surface area contributed by atoms with Gasteiger partial charge < -0.3 is 10.2 Å². The van der Waals surface area contributed by atoms with Crippen molar-refractivity contribution in [1.82, 2.24) is 0 Å². The Labute approximate surface area is 123 Å². The Morgan fingerprint density at radius 1 is 1.16 bits per heavy atom. The predicted octanol–water partition coefficient (Wildman–Crippen LogP) is 5.13. The van der Waals surface area contributed by atoms with E-state index in [1.54, 1.807) is 0 Å². The van der Waals surface area contributed by atoms with Crippen LogP contribution < -0.4 is 10.2 Å². The molecule has 0 aliphatic rings. The van der Waals surface area contributed by atoms with Crippen molar-refractivity contribution < 1.29 is 0 Å². The summed E-state index contributed by atoms with van der Waals surface area (Å²) in [6, 6.07) is 4.22. The van der Waals surface area contributed by atoms with Gasteiger partial charge in [0.15, 0.2) is 0 Å². The van der Waals surface area contributed by atoms with E-state index in [-0.39, 0.29) is 0 Å². The molecule has 3 heteroatoms. The van der Waals surface area contributed by atoms with Gasteiger partial charge in [-0.1, -0.05) is 44.4 Å². The molecule has 2 nitrogen and oxygen atoms in total. The summed E-state index contributed by atoms with van der Waals surface area (Å²) in [5.41, 5.74) is 3.70. The number of hydrogen-bond donors (Lipinski definition) is 1. The summed E-state index contributed by atoms with van der Waals surface area (Å²) in [5.74, 6) is 0.622. The fourth-order valence-electron chi connectivity index (χ4n) is 2.78. The average molecular weight is 283 g/mol. The average Bonchev–Trinajstić information content (AvgIpc) is 2.38. The number of benzene rings is 1. The third kappa shape index (κ3) is 3.79. The van der Waals surface area contributed by atoms with Crippen molar-refractivity contribution in [2.75, 3.05) is 31.4 Å². The first kappa shape index (κ1) is 16.2. The van der Waals surface area contributed by atoms with E-state index in [1.807, 2.05) is 13.1 Å². The van der Waals surface area contributed by atoms with Crippen LogP contribution in [0.25, 0.3) is 0 Å². The van der Waals surface area contributed by atoms with E-state index in [2.05, 4.69) is 44.2 Å². The van der Waals surface area contributed by atoms with Crippen LogP contribution in [0.2, 0.25) is 5.02 Å². The summed E-state index contributed by atoms with van der Waals surface area (Å²) in [4.78, 5) is 2.17. The zero-order valence-electron chi connectivity index (χ0n) is 12.9. The maximum atomic E-state index is 6.32. The van der Waals surface area contributed by atoms with E-state index in [0.717, 1.165) is 10.7 Å². The molecule has 1 N–H and O–H groups in total. The number of hydrogen-bond acceptors (Lipinski definition) is 2. The second-order valence-corrected chi connectivity index (χ2v) is 5.69. The van der Waals surface area contributed by atoms with Crippen LogP contribution in [0.4, 0.5) is 11.4 Å². The van der Waals surface area contributed by atoms with Gasteiger partial charge in [-0.2, -0.15) is 0 Å². The molecular weight excluding hydrogens is 256 g/mol. The number of halogens is 1. The lowest BCUT2D eigenvalue weighted by Gasteiger charge is -2.27. The third-order valence-electron chi connectivity index (χ3n) is 3.57. The highest BCUT2D eigenvalue weighted by Gasteiger charge is 2.19. The Hall–Kier alpha value is -0.890. The summed E-state index contributed by atoms with van der Waals surface area (Å²) in [6.07, 6.45) is 4.91. The van der Waals surface area contributed by atoms with Crippen LogP contribution in [-0.2, 0) is 0 Å². The molecule has 0 aliphatic carbocycles. The molecule has 0 spiro atoms. The van der Waals surface area contributed by atoms with E-state index in [1.165, 1.54) is 36.9 Å². The van der Waals surface area contributed by atoms with Crippen molar-refractivity contribution in [2.24, 2.45) is 0 Å². The van der Waals surface area contributed by atoms with Crippen LogP contribution in [0, 0.1) is 0 Å². The third-order valence-corrected chi connectivity index (χ3v) is 3.88. The molecule has 0 aliphatic heterocycles. The molecule has 0 fully saturated rings. The Bertz CT molecular complexity index is 396. The predicted molar refractivity (Wildman–Crippen MR) is 87.9 cm³/mol. The van der Waals surface area contributed by atoms with Gasteiger partial charge in [0.1, 0.15) is 0 Å². The summed E-state index contributed by atoms with van der Waals surface area (Å²) in [6.45, 7) is 4.51. The maximum Gasteiger partial charge on any atom is 0.0767 e. The first-order valence-corrected chi connectivity index (χ1v) is 7.62. The molecule has 0 amide bonds. The molecule has 19 heavy (non-hydrogen) atoms. The van der Waals surface area contributed by atoms with E-state index >= 15 is 0 Å². The Morgan fingerprint density at radius 2 is 1.74 bits per heavy atom. The van der Waals surface area contributed by atoms with E-state index < -0.39 is 0 Å². The van der Waals surface area contributed by atoms with Gasteiger partial charge in [-0.15, -0.1) is 0 Å². The van der Waals surface area contributed by atoms with Crippen molar-refractivity contribution >= 4 is 23.0 Å². The zero-order chi connectivity index (χ0) is 14.4. The molecule has 0 saturated heterocycles. The molecular formula is C16H27ClN2. The van der Waals surface area contributed by atoms with Gasteiger partial charge in [-0.3, -0.25) is 0 Å². The van der Waals surface area contributed by atoms with Crippen molar-refractivity contribution in [3.8, 4) is 0 Å². The smallest absolute Gasteiger partial charge is 0.0767 e. The van der Waals surface area contributed by atoms with Crippen LogP contribution in [0.5, 0.6) is 0 Å². The van der Waals surface area contributed by atoms with Gasteiger partial charge in [0.05, 0.1) is 16.4 Å². The normalized spacial score (nSPS) is 10.9. The first-order chi connectivity index (χ1) is 9.06. The fraction of sp³-hybridized carbons (Fsp3) is 0.625. The van der Waals surface area contributed by atoms with Crippen molar-refractivity contribution in [2.45, 2.75) is 45.4 Å². The standard InChI is InChI=1S/C16H27ClN2/c1-6-8-12(9-7-2)13-10-11-14(17)15(18-3)16(13)19(4)5/h10-12,18H,6-9H2,1-5H3. The van der Waals surface area contributed by atoms with Crippen molar-refractivity contribution in [3.05, 3.63) is 22.7 Å². The van der Waals surface area contributed by atoms with Gasteiger partial charge in [0.2, 0.25) is 0 Å².